The molecule has 1 aromatic carbocycles. The van der Waals surface area contributed by atoms with Crippen molar-refractivity contribution in [3.63, 3.8) is 0 Å². The zero-order chi connectivity index (χ0) is 18.2. The predicted octanol–water partition coefficient (Wildman–Crippen LogP) is 5.91. The van der Waals surface area contributed by atoms with E-state index in [-0.39, 0.29) is 12.3 Å². The van der Waals surface area contributed by atoms with Crippen LogP contribution in [0, 0.1) is 0 Å². The summed E-state index contributed by atoms with van der Waals surface area (Å²) in [6.07, 6.45) is 16.2. The lowest BCUT2D eigenvalue weighted by Gasteiger charge is -2.07. The average molecular weight is 348 g/mol. The number of benzene rings is 1. The van der Waals surface area contributed by atoms with Gasteiger partial charge in [0.25, 0.3) is 0 Å². The van der Waals surface area contributed by atoms with Gasteiger partial charge in [0.1, 0.15) is 5.75 Å². The lowest BCUT2D eigenvalue weighted by molar-refractivity contribution is 0.100. The van der Waals surface area contributed by atoms with E-state index in [9.17, 15) is 4.79 Å². The predicted molar refractivity (Wildman–Crippen MR) is 106 cm³/mol. The Morgan fingerprint density at radius 1 is 0.800 bits per heavy atom. The van der Waals surface area contributed by atoms with Gasteiger partial charge >= 0.3 is 0 Å². The molecule has 3 nitrogen and oxygen atoms in total. The molecule has 0 heterocycles. The van der Waals surface area contributed by atoms with Crippen molar-refractivity contribution in [3.8, 4) is 5.75 Å². The van der Waals surface area contributed by atoms with Crippen LogP contribution in [0.15, 0.2) is 24.3 Å². The van der Waals surface area contributed by atoms with Crippen molar-refractivity contribution in [1.29, 1.82) is 0 Å². The summed E-state index contributed by atoms with van der Waals surface area (Å²) in [5, 5.41) is 0. The van der Waals surface area contributed by atoms with E-state index in [0.29, 0.717) is 5.56 Å². The minimum absolute atomic E-state index is 0.0347. The molecule has 1 rings (SSSR count). The smallest absolute Gasteiger partial charge is 0.176 e. The van der Waals surface area contributed by atoms with Crippen LogP contribution in [0.1, 0.15) is 94.3 Å². The molecule has 0 aliphatic carbocycles. The number of Topliss-reactive ketones (excluding diaryl/α,β-unsaturated/α-hetero) is 1. The maximum Gasteiger partial charge on any atom is 0.176 e. The van der Waals surface area contributed by atoms with Crippen LogP contribution >= 0.6 is 0 Å². The lowest BCUT2D eigenvalue weighted by atomic mass is 10.1. The highest BCUT2D eigenvalue weighted by Gasteiger charge is 2.03. The summed E-state index contributed by atoms with van der Waals surface area (Å²) in [5.74, 6) is 0.796. The normalized spacial score (nSPS) is 10.8. The molecule has 0 radical (unpaired) electrons. The molecule has 0 atom stereocenters. The standard InChI is InChI=1S/C22H37NO2/c1-2-3-4-5-6-7-8-9-10-11-12-13-18-25-21-16-14-20(15-17-21)22(24)19-23/h14-17H,2-13,18-19,23H2,1H3. The number of rotatable bonds is 16. The second-order valence-corrected chi connectivity index (χ2v) is 6.89. The summed E-state index contributed by atoms with van der Waals surface area (Å²) in [7, 11) is 0. The Balaban J connectivity index is 1.91. The van der Waals surface area contributed by atoms with Crippen molar-refractivity contribution in [3.05, 3.63) is 29.8 Å². The summed E-state index contributed by atoms with van der Waals surface area (Å²) in [5.41, 5.74) is 6.00. The molecule has 25 heavy (non-hydrogen) atoms. The highest BCUT2D eigenvalue weighted by atomic mass is 16.5. The van der Waals surface area contributed by atoms with E-state index in [2.05, 4.69) is 6.92 Å². The van der Waals surface area contributed by atoms with E-state index < -0.39 is 0 Å². The molecule has 0 aliphatic heterocycles. The zero-order valence-corrected chi connectivity index (χ0v) is 16.1. The van der Waals surface area contributed by atoms with E-state index in [4.69, 9.17) is 10.5 Å². The first-order chi connectivity index (χ1) is 12.3. The molecule has 3 heteroatoms. The van der Waals surface area contributed by atoms with Crippen LogP contribution < -0.4 is 10.5 Å². The van der Waals surface area contributed by atoms with Gasteiger partial charge in [0.2, 0.25) is 0 Å². The molecule has 1 aromatic rings. The first-order valence-corrected chi connectivity index (χ1v) is 10.2. The summed E-state index contributed by atoms with van der Waals surface area (Å²) in [6, 6.07) is 7.27. The quantitative estimate of drug-likeness (QED) is 0.299. The van der Waals surface area contributed by atoms with E-state index in [1.165, 1.54) is 70.6 Å². The monoisotopic (exact) mass is 347 g/mol. The van der Waals surface area contributed by atoms with Crippen LogP contribution in [0.5, 0.6) is 5.75 Å². The van der Waals surface area contributed by atoms with Crippen LogP contribution in [0.4, 0.5) is 0 Å². The molecule has 0 unspecified atom stereocenters. The lowest BCUT2D eigenvalue weighted by Crippen LogP contribution is -2.13. The maximum atomic E-state index is 11.4. The molecule has 0 aliphatic rings. The van der Waals surface area contributed by atoms with Gasteiger partial charge in [-0.15, -0.1) is 0 Å². The van der Waals surface area contributed by atoms with Crippen molar-refractivity contribution in [2.45, 2.75) is 84.0 Å². The van der Waals surface area contributed by atoms with Crippen LogP contribution in [0.25, 0.3) is 0 Å². The summed E-state index contributed by atoms with van der Waals surface area (Å²) in [6.45, 7) is 3.08. The number of ether oxygens (including phenoxy) is 1. The molecule has 0 aromatic heterocycles. The molecule has 0 bridgehead atoms. The van der Waals surface area contributed by atoms with Gasteiger partial charge in [0, 0.05) is 5.56 Å². The van der Waals surface area contributed by atoms with E-state index in [1.807, 2.05) is 12.1 Å². The minimum atomic E-state index is -0.0347. The van der Waals surface area contributed by atoms with Crippen molar-refractivity contribution in [2.75, 3.05) is 13.2 Å². The molecule has 0 amide bonds. The number of nitrogens with two attached hydrogens (primary N) is 1. The van der Waals surface area contributed by atoms with Gasteiger partial charge in [-0.05, 0) is 30.7 Å². The van der Waals surface area contributed by atoms with Gasteiger partial charge in [-0.2, -0.15) is 0 Å². The fourth-order valence-electron chi connectivity index (χ4n) is 2.99. The first kappa shape index (κ1) is 21.7. The molecule has 0 saturated carbocycles. The van der Waals surface area contributed by atoms with Crippen molar-refractivity contribution in [1.82, 2.24) is 0 Å². The Kier molecular flexibility index (Phi) is 13.0. The molecule has 142 valence electrons. The van der Waals surface area contributed by atoms with Gasteiger partial charge < -0.3 is 10.5 Å². The third kappa shape index (κ3) is 11.0. The average Bonchev–Trinajstić information content (AvgIpc) is 2.65. The Bertz CT molecular complexity index is 442. The van der Waals surface area contributed by atoms with E-state index >= 15 is 0 Å². The Morgan fingerprint density at radius 2 is 1.28 bits per heavy atom. The number of ketones is 1. The SMILES string of the molecule is CCCCCCCCCCCCCCOc1ccc(C(=O)CN)cc1. The topological polar surface area (TPSA) is 52.3 Å². The van der Waals surface area contributed by atoms with Gasteiger partial charge in [-0.3, -0.25) is 4.79 Å². The van der Waals surface area contributed by atoms with Gasteiger partial charge in [-0.1, -0.05) is 77.6 Å². The van der Waals surface area contributed by atoms with Crippen molar-refractivity contribution < 1.29 is 9.53 Å². The van der Waals surface area contributed by atoms with Crippen LogP contribution in [0.2, 0.25) is 0 Å². The fraction of sp³-hybridized carbons (Fsp3) is 0.682. The van der Waals surface area contributed by atoms with Crippen LogP contribution in [-0.4, -0.2) is 18.9 Å². The van der Waals surface area contributed by atoms with Crippen molar-refractivity contribution in [2.24, 2.45) is 5.73 Å². The van der Waals surface area contributed by atoms with Crippen LogP contribution in [0.3, 0.4) is 0 Å². The highest BCUT2D eigenvalue weighted by Crippen LogP contribution is 2.14. The number of unbranched alkanes of at least 4 members (excludes halogenated alkanes) is 11. The Labute approximate surface area is 154 Å². The van der Waals surface area contributed by atoms with Gasteiger partial charge in [0.05, 0.1) is 13.2 Å². The maximum absolute atomic E-state index is 11.4. The first-order valence-electron chi connectivity index (χ1n) is 10.2. The third-order valence-electron chi connectivity index (χ3n) is 4.63. The molecule has 0 saturated heterocycles. The second kappa shape index (κ2) is 14.9. The number of carbonyl (C=O) groups is 1. The van der Waals surface area contributed by atoms with Gasteiger partial charge in [0.15, 0.2) is 5.78 Å². The molecule has 2 N–H and O–H groups in total. The van der Waals surface area contributed by atoms with Crippen LogP contribution in [-0.2, 0) is 0 Å². The Hall–Kier alpha value is -1.35. The fourth-order valence-corrected chi connectivity index (χ4v) is 2.99. The Morgan fingerprint density at radius 3 is 1.76 bits per heavy atom. The number of hydrogen-bond acceptors (Lipinski definition) is 3. The zero-order valence-electron chi connectivity index (χ0n) is 16.1. The van der Waals surface area contributed by atoms with E-state index in [1.54, 1.807) is 12.1 Å². The molecular formula is C22H37NO2. The molecular weight excluding hydrogens is 310 g/mol. The minimum Gasteiger partial charge on any atom is -0.494 e. The summed E-state index contributed by atoms with van der Waals surface area (Å²) >= 11 is 0. The third-order valence-corrected chi connectivity index (χ3v) is 4.63. The van der Waals surface area contributed by atoms with Crippen molar-refractivity contribution >= 4 is 5.78 Å². The molecule has 0 spiro atoms. The van der Waals surface area contributed by atoms with E-state index in [0.717, 1.165) is 18.8 Å². The van der Waals surface area contributed by atoms with Gasteiger partial charge in [-0.25, -0.2) is 0 Å². The highest BCUT2D eigenvalue weighted by molar-refractivity contribution is 5.97. The molecule has 0 fully saturated rings. The summed E-state index contributed by atoms with van der Waals surface area (Å²) < 4.78 is 5.72. The number of carbonyl (C=O) groups excluding carboxylic acids is 1. The summed E-state index contributed by atoms with van der Waals surface area (Å²) in [4.78, 5) is 11.4. The number of hydrogen-bond donors (Lipinski definition) is 1. The second-order valence-electron chi connectivity index (χ2n) is 6.89. The largest absolute Gasteiger partial charge is 0.494 e.